The average molecular weight is 577 g/mol. The summed E-state index contributed by atoms with van der Waals surface area (Å²) in [6.07, 6.45) is 34.2. The number of hydrogen-bond acceptors (Lipinski definition) is 2. The van der Waals surface area contributed by atoms with Crippen molar-refractivity contribution in [3.05, 3.63) is 25.3 Å². The molecule has 1 aliphatic rings. The predicted molar refractivity (Wildman–Crippen MR) is 189 cm³/mol. The van der Waals surface area contributed by atoms with Gasteiger partial charge in [0.15, 0.2) is 0 Å². The highest BCUT2D eigenvalue weighted by Gasteiger charge is 2.24. The summed E-state index contributed by atoms with van der Waals surface area (Å²) in [5.74, 6) is 2.31. The number of rotatable bonds is 22. The molecular weight excluding hydrogens is 504 g/mol. The fourth-order valence-corrected chi connectivity index (χ4v) is 6.39. The van der Waals surface area contributed by atoms with E-state index in [1.165, 1.54) is 120 Å². The van der Waals surface area contributed by atoms with Crippen LogP contribution in [0.2, 0.25) is 0 Å². The van der Waals surface area contributed by atoms with Gasteiger partial charge in [0, 0.05) is 0 Å². The normalized spacial score (nSPS) is 15.6. The van der Waals surface area contributed by atoms with E-state index in [2.05, 4.69) is 53.4 Å². The van der Waals surface area contributed by atoms with Gasteiger partial charge in [-0.25, -0.2) is 0 Å². The number of terminal acetylenes is 1. The molecule has 236 valence electrons. The number of hydrogen-bond donors (Lipinski definition) is 1. The first-order valence-electron chi connectivity index (χ1n) is 17.1. The second kappa shape index (κ2) is 32.6. The van der Waals surface area contributed by atoms with Crippen molar-refractivity contribution < 1.29 is 5.11 Å². The lowest BCUT2D eigenvalue weighted by Gasteiger charge is -2.27. The number of aliphatic hydroxyl groups excluding tert-OH is 1. The minimum atomic E-state index is -0.274. The molecule has 1 fully saturated rings. The van der Waals surface area contributed by atoms with Gasteiger partial charge in [-0.2, -0.15) is 0 Å². The third-order valence-electron chi connectivity index (χ3n) is 8.32. The molecule has 0 aliphatic heterocycles. The van der Waals surface area contributed by atoms with Crippen LogP contribution in [0.25, 0.3) is 0 Å². The van der Waals surface area contributed by atoms with Crippen LogP contribution in [0.5, 0.6) is 0 Å². The van der Waals surface area contributed by atoms with Crippen molar-refractivity contribution in [3.63, 3.8) is 0 Å². The molecule has 0 bridgehead atoms. The molecule has 4 atom stereocenters. The van der Waals surface area contributed by atoms with Gasteiger partial charge in [-0.05, 0) is 74.0 Å². The van der Waals surface area contributed by atoms with Gasteiger partial charge in [-0.3, -0.25) is 0 Å². The summed E-state index contributed by atoms with van der Waals surface area (Å²) in [5.41, 5.74) is 1.44. The molecule has 0 spiro atoms. The number of thiocarbonyl (C=S) groups is 1. The van der Waals surface area contributed by atoms with Gasteiger partial charge < -0.3 is 5.11 Å². The highest BCUT2D eigenvalue weighted by atomic mass is 32.1. The van der Waals surface area contributed by atoms with Crippen LogP contribution in [0.3, 0.4) is 0 Å². The quantitative estimate of drug-likeness (QED) is 0.0598. The number of allylic oxidation sites excluding steroid dienone is 1. The molecule has 0 saturated heterocycles. The van der Waals surface area contributed by atoms with Crippen molar-refractivity contribution in [2.75, 3.05) is 0 Å². The third kappa shape index (κ3) is 24.9. The first kappa shape index (κ1) is 43.5. The number of unbranched alkanes of at least 4 members (excludes halogenated alkanes) is 10. The smallest absolute Gasteiger partial charge is 0.0518 e. The standard InChI is InChI=1S/C32H60OS.C2H6.C2H4.C2H2/c1-6-7-8-9-10-11-12-13-14-15-16-19-26(2)24-28(4)32(34)31(25-29(5)33)23-22-27(3)30-20-17-18-21-30;3*1-2/h26,28-31,33H,3,6-25H2,1-2,4-5H3;1-2H3;1-2H2;1-2H. The van der Waals surface area contributed by atoms with E-state index in [9.17, 15) is 5.11 Å². The van der Waals surface area contributed by atoms with Crippen LogP contribution in [-0.4, -0.2) is 16.1 Å². The molecule has 0 amide bonds. The van der Waals surface area contributed by atoms with Gasteiger partial charge >= 0.3 is 0 Å². The molecule has 2 heteroatoms. The maximum absolute atomic E-state index is 10.1. The third-order valence-corrected chi connectivity index (χ3v) is 9.05. The van der Waals surface area contributed by atoms with E-state index in [1.807, 2.05) is 20.8 Å². The molecule has 0 aromatic carbocycles. The maximum atomic E-state index is 10.1. The summed E-state index contributed by atoms with van der Waals surface area (Å²) in [4.78, 5) is 1.21. The van der Waals surface area contributed by atoms with E-state index >= 15 is 0 Å². The highest BCUT2D eigenvalue weighted by molar-refractivity contribution is 7.80. The molecule has 1 N–H and O–H groups in total. The zero-order valence-electron chi connectivity index (χ0n) is 28.2. The molecule has 1 saturated carbocycles. The Labute approximate surface area is 259 Å². The Kier molecular flexibility index (Phi) is 35.5. The molecule has 0 radical (unpaired) electrons. The Morgan fingerprint density at radius 1 is 0.800 bits per heavy atom. The van der Waals surface area contributed by atoms with Crippen molar-refractivity contribution >= 4 is 17.1 Å². The van der Waals surface area contributed by atoms with Gasteiger partial charge in [0.2, 0.25) is 0 Å². The summed E-state index contributed by atoms with van der Waals surface area (Å²) in [5, 5.41) is 10.1. The molecule has 0 aromatic rings. The molecule has 0 aromatic heterocycles. The van der Waals surface area contributed by atoms with Gasteiger partial charge in [0.25, 0.3) is 0 Å². The van der Waals surface area contributed by atoms with E-state index in [0.717, 1.165) is 31.1 Å². The van der Waals surface area contributed by atoms with Gasteiger partial charge in [0.1, 0.15) is 0 Å². The Bertz CT molecular complexity index is 571. The van der Waals surface area contributed by atoms with Crippen LogP contribution < -0.4 is 0 Å². The highest BCUT2D eigenvalue weighted by Crippen LogP contribution is 2.34. The molecule has 1 rings (SSSR count). The van der Waals surface area contributed by atoms with Gasteiger partial charge in [-0.15, -0.1) is 26.0 Å². The molecule has 0 heterocycles. The SMILES string of the molecule is C#C.C=C.C=C(CCC(CC(C)O)C(=S)C(C)CC(C)CCCCCCCCCCCCC)C1CCCC1.CC. The molecular formula is C38H72OS. The fourth-order valence-electron chi connectivity index (χ4n) is 6.08. The van der Waals surface area contributed by atoms with Crippen LogP contribution in [0.1, 0.15) is 170 Å². The Morgan fingerprint density at radius 3 is 1.70 bits per heavy atom. The topological polar surface area (TPSA) is 20.2 Å². The predicted octanol–water partition coefficient (Wildman–Crippen LogP) is 12.7. The molecule has 1 aliphatic carbocycles. The Balaban J connectivity index is -0.00000213. The lowest BCUT2D eigenvalue weighted by Crippen LogP contribution is -2.25. The summed E-state index contributed by atoms with van der Waals surface area (Å²) in [7, 11) is 0. The summed E-state index contributed by atoms with van der Waals surface area (Å²) < 4.78 is 0. The van der Waals surface area contributed by atoms with E-state index in [0.29, 0.717) is 11.8 Å². The summed E-state index contributed by atoms with van der Waals surface area (Å²) in [6, 6.07) is 0. The maximum Gasteiger partial charge on any atom is 0.0518 e. The van der Waals surface area contributed by atoms with Crippen LogP contribution in [0.15, 0.2) is 25.3 Å². The number of aliphatic hydroxyl groups is 1. The van der Waals surface area contributed by atoms with Crippen molar-refractivity contribution in [3.8, 4) is 12.8 Å². The van der Waals surface area contributed by atoms with Crippen LogP contribution in [0.4, 0.5) is 0 Å². The van der Waals surface area contributed by atoms with E-state index < -0.39 is 0 Å². The molecule has 40 heavy (non-hydrogen) atoms. The lowest BCUT2D eigenvalue weighted by molar-refractivity contribution is 0.170. The van der Waals surface area contributed by atoms with E-state index in [1.54, 1.807) is 0 Å². The van der Waals surface area contributed by atoms with Crippen LogP contribution in [0, 0.1) is 36.5 Å². The van der Waals surface area contributed by atoms with Crippen molar-refractivity contribution in [1.82, 2.24) is 0 Å². The van der Waals surface area contributed by atoms with Crippen LogP contribution >= 0.6 is 12.2 Å². The molecule has 4 unspecified atom stereocenters. The zero-order chi connectivity index (χ0) is 31.2. The van der Waals surface area contributed by atoms with E-state index in [4.69, 9.17) is 12.2 Å². The minimum Gasteiger partial charge on any atom is -0.393 e. The first-order valence-corrected chi connectivity index (χ1v) is 17.5. The minimum absolute atomic E-state index is 0.274. The summed E-state index contributed by atoms with van der Waals surface area (Å²) >= 11 is 6.01. The first-order chi connectivity index (χ1) is 19.3. The Morgan fingerprint density at radius 2 is 1.25 bits per heavy atom. The van der Waals surface area contributed by atoms with Gasteiger partial charge in [-0.1, -0.05) is 149 Å². The second-order valence-corrected chi connectivity index (χ2v) is 12.4. The Hall–Kier alpha value is -0.910. The second-order valence-electron chi connectivity index (χ2n) is 11.9. The monoisotopic (exact) mass is 577 g/mol. The summed E-state index contributed by atoms with van der Waals surface area (Å²) in [6.45, 7) is 23.4. The van der Waals surface area contributed by atoms with Crippen molar-refractivity contribution in [2.45, 2.75) is 176 Å². The average Bonchev–Trinajstić information content (AvgIpc) is 3.52. The van der Waals surface area contributed by atoms with Crippen molar-refractivity contribution in [2.24, 2.45) is 23.7 Å². The van der Waals surface area contributed by atoms with Gasteiger partial charge in [0.05, 0.1) is 6.10 Å². The van der Waals surface area contributed by atoms with E-state index in [-0.39, 0.29) is 6.10 Å². The van der Waals surface area contributed by atoms with Crippen molar-refractivity contribution in [1.29, 1.82) is 0 Å². The molecule has 1 nitrogen and oxygen atoms in total. The largest absolute Gasteiger partial charge is 0.393 e. The zero-order valence-corrected chi connectivity index (χ0v) is 29.0. The lowest BCUT2D eigenvalue weighted by atomic mass is 9.81. The fraction of sp³-hybridized carbons (Fsp3) is 0.816. The van der Waals surface area contributed by atoms with Crippen LogP contribution in [-0.2, 0) is 0 Å².